The van der Waals surface area contributed by atoms with E-state index in [1.807, 2.05) is 20.8 Å². The molecule has 0 aliphatic rings. The van der Waals surface area contributed by atoms with Crippen molar-refractivity contribution < 1.29 is 48.2 Å². The number of rotatable bonds is 28. The largest absolute Gasteiger partial charge is 0.550 e. The fourth-order valence-corrected chi connectivity index (χ4v) is 3.28. The van der Waals surface area contributed by atoms with Crippen molar-refractivity contribution in [2.24, 2.45) is 0 Å². The van der Waals surface area contributed by atoms with Gasteiger partial charge in [0.15, 0.2) is 6.29 Å². The highest BCUT2D eigenvalue weighted by atomic mass is 16.7. The Morgan fingerprint density at radius 2 is 1.29 bits per heavy atom. The molecule has 0 fully saturated rings. The van der Waals surface area contributed by atoms with Crippen molar-refractivity contribution in [3.63, 3.8) is 0 Å². The van der Waals surface area contributed by atoms with E-state index in [2.05, 4.69) is 0 Å². The molecule has 0 aliphatic carbocycles. The summed E-state index contributed by atoms with van der Waals surface area (Å²) in [5.41, 5.74) is 0. The van der Waals surface area contributed by atoms with Gasteiger partial charge in [0.05, 0.1) is 65.1 Å². The van der Waals surface area contributed by atoms with Crippen LogP contribution in [0.3, 0.4) is 0 Å². The van der Waals surface area contributed by atoms with Crippen LogP contribution in [-0.4, -0.2) is 102 Å². The van der Waals surface area contributed by atoms with Gasteiger partial charge in [0.2, 0.25) is 0 Å². The van der Waals surface area contributed by atoms with Crippen LogP contribution in [0.4, 0.5) is 0 Å². The maximum atomic E-state index is 10.6. The molecular weight excluding hydrogens is 460 g/mol. The van der Waals surface area contributed by atoms with Gasteiger partial charge >= 0.3 is 0 Å². The van der Waals surface area contributed by atoms with Crippen LogP contribution >= 0.6 is 0 Å². The molecule has 0 aromatic heterocycles. The summed E-state index contributed by atoms with van der Waals surface area (Å²) >= 11 is 0. The Hall–Kier alpha value is -0.850. The Morgan fingerprint density at radius 3 is 1.94 bits per heavy atom. The van der Waals surface area contributed by atoms with Gasteiger partial charge in [-0.3, -0.25) is 0 Å². The summed E-state index contributed by atoms with van der Waals surface area (Å²) in [4.78, 5) is 10.6. The quantitative estimate of drug-likeness (QED) is 0.123. The van der Waals surface area contributed by atoms with Gasteiger partial charge in [0.1, 0.15) is 0 Å². The van der Waals surface area contributed by atoms with E-state index in [0.717, 1.165) is 19.3 Å². The standard InChI is InChI=1S/C25H50O10/c1-4-22(32-13-11-26)20-23(33-18-16-30-6-3)21-25(34-12-9-7-8-10-24(27)28)35-19-17-31-15-14-29-5-2/h22-23,25-26H,4-21H2,1-3H3,(H,27,28)/p-1. The van der Waals surface area contributed by atoms with Crippen molar-refractivity contribution in [1.82, 2.24) is 0 Å². The van der Waals surface area contributed by atoms with E-state index in [0.29, 0.717) is 78.7 Å². The average molecular weight is 510 g/mol. The first kappa shape index (κ1) is 34.1. The van der Waals surface area contributed by atoms with Gasteiger partial charge in [-0.2, -0.15) is 0 Å². The molecule has 0 amide bonds. The zero-order chi connectivity index (χ0) is 26.0. The minimum atomic E-state index is -1.03. The molecule has 0 aromatic carbocycles. The lowest BCUT2D eigenvalue weighted by molar-refractivity contribution is -0.305. The first-order valence-corrected chi connectivity index (χ1v) is 13.1. The second-order valence-electron chi connectivity index (χ2n) is 7.95. The summed E-state index contributed by atoms with van der Waals surface area (Å²) in [6.07, 6.45) is 3.30. The molecule has 0 saturated carbocycles. The summed E-state index contributed by atoms with van der Waals surface area (Å²) in [7, 11) is 0. The molecule has 0 aromatic rings. The van der Waals surface area contributed by atoms with Crippen molar-refractivity contribution in [3.05, 3.63) is 0 Å². The first-order valence-electron chi connectivity index (χ1n) is 13.1. The third kappa shape index (κ3) is 23.3. The van der Waals surface area contributed by atoms with Crippen LogP contribution < -0.4 is 5.11 Å². The lowest BCUT2D eigenvalue weighted by Crippen LogP contribution is -2.31. The van der Waals surface area contributed by atoms with Gasteiger partial charge in [-0.15, -0.1) is 0 Å². The highest BCUT2D eigenvalue weighted by Gasteiger charge is 2.22. The predicted molar refractivity (Wildman–Crippen MR) is 129 cm³/mol. The number of aliphatic hydroxyl groups excluding tert-OH is 1. The van der Waals surface area contributed by atoms with Gasteiger partial charge in [0.25, 0.3) is 0 Å². The Kier molecular flexibility index (Phi) is 25.6. The number of hydrogen-bond donors (Lipinski definition) is 1. The fraction of sp³-hybridized carbons (Fsp3) is 0.960. The Labute approximate surface area is 211 Å². The average Bonchev–Trinajstić information content (AvgIpc) is 2.85. The number of aliphatic carboxylic acids is 1. The van der Waals surface area contributed by atoms with Crippen LogP contribution in [-0.2, 0) is 38.0 Å². The number of aliphatic hydroxyl groups is 1. The molecule has 210 valence electrons. The minimum Gasteiger partial charge on any atom is -0.550 e. The number of unbranched alkanes of at least 4 members (excludes halogenated alkanes) is 2. The smallest absolute Gasteiger partial charge is 0.160 e. The summed E-state index contributed by atoms with van der Waals surface area (Å²) in [5, 5.41) is 19.7. The van der Waals surface area contributed by atoms with Crippen LogP contribution in [0.15, 0.2) is 0 Å². The molecule has 0 saturated heterocycles. The molecular formula is C25H49O10-. The van der Waals surface area contributed by atoms with Crippen LogP contribution in [0, 0.1) is 0 Å². The number of carbonyl (C=O) groups is 1. The van der Waals surface area contributed by atoms with E-state index in [1.165, 1.54) is 0 Å². The Bertz CT molecular complexity index is 452. The van der Waals surface area contributed by atoms with Crippen LogP contribution in [0.1, 0.15) is 65.7 Å². The summed E-state index contributed by atoms with van der Waals surface area (Å²) in [5.74, 6) is -1.03. The summed E-state index contributed by atoms with van der Waals surface area (Å²) in [6.45, 7) is 10.7. The van der Waals surface area contributed by atoms with E-state index in [9.17, 15) is 9.90 Å². The Balaban J connectivity index is 4.80. The second kappa shape index (κ2) is 26.2. The number of carboxylic acids is 1. The molecule has 0 aliphatic heterocycles. The molecule has 0 spiro atoms. The van der Waals surface area contributed by atoms with E-state index in [4.69, 9.17) is 38.3 Å². The summed E-state index contributed by atoms with van der Waals surface area (Å²) < 4.78 is 40.0. The molecule has 3 unspecified atom stereocenters. The maximum absolute atomic E-state index is 10.6. The van der Waals surface area contributed by atoms with E-state index in [1.54, 1.807) is 0 Å². The SMILES string of the molecule is CCOCCOCCOC(CC(CC(CC)OCCO)OCCOCC)OCCCCCC(=O)[O-]. The summed E-state index contributed by atoms with van der Waals surface area (Å²) in [6, 6.07) is 0. The van der Waals surface area contributed by atoms with E-state index >= 15 is 0 Å². The number of hydrogen-bond acceptors (Lipinski definition) is 10. The molecule has 0 bridgehead atoms. The molecule has 0 radical (unpaired) electrons. The van der Waals surface area contributed by atoms with Gasteiger partial charge in [0, 0.05) is 32.2 Å². The van der Waals surface area contributed by atoms with Crippen LogP contribution in [0.5, 0.6) is 0 Å². The highest BCUT2D eigenvalue weighted by Crippen LogP contribution is 2.18. The van der Waals surface area contributed by atoms with E-state index in [-0.39, 0.29) is 31.8 Å². The molecule has 0 rings (SSSR count). The highest BCUT2D eigenvalue weighted by molar-refractivity contribution is 5.64. The molecule has 10 heteroatoms. The van der Waals surface area contributed by atoms with Crippen LogP contribution in [0.2, 0.25) is 0 Å². The molecule has 1 N–H and O–H groups in total. The molecule has 3 atom stereocenters. The topological polar surface area (TPSA) is 125 Å². The maximum Gasteiger partial charge on any atom is 0.160 e. The molecule has 10 nitrogen and oxygen atoms in total. The normalized spacial score (nSPS) is 14.2. The van der Waals surface area contributed by atoms with Gasteiger partial charge in [-0.25, -0.2) is 0 Å². The van der Waals surface area contributed by atoms with Crippen molar-refractivity contribution in [2.75, 3.05) is 72.7 Å². The second-order valence-corrected chi connectivity index (χ2v) is 7.95. The predicted octanol–water partition coefficient (Wildman–Crippen LogP) is 1.70. The zero-order valence-electron chi connectivity index (χ0n) is 22.1. The number of ether oxygens (including phenoxy) is 7. The first-order chi connectivity index (χ1) is 17.1. The third-order valence-electron chi connectivity index (χ3n) is 5.10. The molecule has 0 heterocycles. The van der Waals surface area contributed by atoms with Crippen molar-refractivity contribution in [1.29, 1.82) is 0 Å². The molecule has 35 heavy (non-hydrogen) atoms. The van der Waals surface area contributed by atoms with Gasteiger partial charge in [-0.05, 0) is 46.0 Å². The monoisotopic (exact) mass is 509 g/mol. The van der Waals surface area contributed by atoms with Crippen molar-refractivity contribution >= 4 is 5.97 Å². The van der Waals surface area contributed by atoms with Gasteiger partial charge in [-0.1, -0.05) is 13.3 Å². The number of carboxylic acid groups (broad SMARTS) is 1. The van der Waals surface area contributed by atoms with Gasteiger partial charge < -0.3 is 48.2 Å². The lowest BCUT2D eigenvalue weighted by atomic mass is 10.1. The van der Waals surface area contributed by atoms with Crippen molar-refractivity contribution in [2.45, 2.75) is 84.2 Å². The third-order valence-corrected chi connectivity index (χ3v) is 5.10. The van der Waals surface area contributed by atoms with Crippen molar-refractivity contribution in [3.8, 4) is 0 Å². The zero-order valence-corrected chi connectivity index (χ0v) is 22.1. The number of carbonyl (C=O) groups excluding carboxylic acids is 1. The van der Waals surface area contributed by atoms with Crippen LogP contribution in [0.25, 0.3) is 0 Å². The van der Waals surface area contributed by atoms with E-state index < -0.39 is 12.3 Å². The Morgan fingerprint density at radius 1 is 0.686 bits per heavy atom. The lowest BCUT2D eigenvalue weighted by Gasteiger charge is -2.27. The minimum absolute atomic E-state index is 0.0253. The fourth-order valence-electron chi connectivity index (χ4n) is 3.28.